The van der Waals surface area contributed by atoms with Crippen molar-refractivity contribution in [3.8, 4) is 0 Å². The molecule has 0 radical (unpaired) electrons. The maximum Gasteiger partial charge on any atom is 0.225 e. The maximum absolute atomic E-state index is 11.9. The molecule has 1 fully saturated rings. The molecule has 0 unspecified atom stereocenters. The molecule has 20 heavy (non-hydrogen) atoms. The molecule has 1 heterocycles. The zero-order chi connectivity index (χ0) is 14.5. The van der Waals surface area contributed by atoms with Crippen LogP contribution < -0.4 is 5.32 Å². The molecule has 0 aliphatic carbocycles. The van der Waals surface area contributed by atoms with E-state index in [1.807, 2.05) is 19.1 Å². The fourth-order valence-electron chi connectivity index (χ4n) is 2.44. The number of nitrogens with one attached hydrogen (secondary N) is 1. The smallest absolute Gasteiger partial charge is 0.225 e. The molecule has 1 N–H and O–H groups in total. The van der Waals surface area contributed by atoms with Crippen LogP contribution in [0.3, 0.4) is 0 Å². The SMILES string of the molecule is Cc1ccc(NC(=O)CCN2CCC(C)CC2)cc1Cl. The quantitative estimate of drug-likeness (QED) is 0.918. The second-order valence-electron chi connectivity index (χ2n) is 5.79. The van der Waals surface area contributed by atoms with Gasteiger partial charge in [0.2, 0.25) is 5.91 Å². The van der Waals surface area contributed by atoms with Gasteiger partial charge >= 0.3 is 0 Å². The second-order valence-corrected chi connectivity index (χ2v) is 6.19. The van der Waals surface area contributed by atoms with Gasteiger partial charge in [-0.15, -0.1) is 0 Å². The highest BCUT2D eigenvalue weighted by Crippen LogP contribution is 2.20. The predicted octanol–water partition coefficient (Wildman–Crippen LogP) is 3.71. The number of benzene rings is 1. The first-order valence-electron chi connectivity index (χ1n) is 7.33. The Morgan fingerprint density at radius 3 is 2.75 bits per heavy atom. The van der Waals surface area contributed by atoms with E-state index in [2.05, 4.69) is 17.1 Å². The topological polar surface area (TPSA) is 32.3 Å². The van der Waals surface area contributed by atoms with Crippen LogP contribution in [0, 0.1) is 12.8 Å². The van der Waals surface area contributed by atoms with E-state index in [0.717, 1.165) is 36.8 Å². The highest BCUT2D eigenvalue weighted by Gasteiger charge is 2.16. The summed E-state index contributed by atoms with van der Waals surface area (Å²) in [6, 6.07) is 5.61. The lowest BCUT2D eigenvalue weighted by molar-refractivity contribution is -0.116. The van der Waals surface area contributed by atoms with E-state index >= 15 is 0 Å². The van der Waals surface area contributed by atoms with Crippen molar-refractivity contribution in [1.82, 2.24) is 4.90 Å². The second kappa shape index (κ2) is 7.09. The molecule has 1 saturated heterocycles. The van der Waals surface area contributed by atoms with Gasteiger partial charge in [0.25, 0.3) is 0 Å². The Bertz CT molecular complexity index is 468. The monoisotopic (exact) mass is 294 g/mol. The van der Waals surface area contributed by atoms with Gasteiger partial charge in [0, 0.05) is 23.7 Å². The maximum atomic E-state index is 11.9. The zero-order valence-corrected chi connectivity index (χ0v) is 13.0. The van der Waals surface area contributed by atoms with Crippen LogP contribution in [0.1, 0.15) is 31.7 Å². The number of rotatable bonds is 4. The van der Waals surface area contributed by atoms with Crippen molar-refractivity contribution in [2.24, 2.45) is 5.92 Å². The van der Waals surface area contributed by atoms with E-state index in [0.29, 0.717) is 11.4 Å². The minimum Gasteiger partial charge on any atom is -0.326 e. The minimum atomic E-state index is 0.0588. The molecule has 0 bridgehead atoms. The van der Waals surface area contributed by atoms with Crippen LogP contribution >= 0.6 is 11.6 Å². The predicted molar refractivity (Wildman–Crippen MR) is 84.3 cm³/mol. The summed E-state index contributed by atoms with van der Waals surface area (Å²) in [5, 5.41) is 3.60. The average Bonchev–Trinajstić information content (AvgIpc) is 2.42. The molecule has 3 nitrogen and oxygen atoms in total. The number of likely N-dealkylation sites (tertiary alicyclic amines) is 1. The molecule has 0 atom stereocenters. The van der Waals surface area contributed by atoms with Crippen molar-refractivity contribution in [3.63, 3.8) is 0 Å². The summed E-state index contributed by atoms with van der Waals surface area (Å²) >= 11 is 6.05. The number of aryl methyl sites for hydroxylation is 1. The van der Waals surface area contributed by atoms with E-state index in [4.69, 9.17) is 11.6 Å². The number of anilines is 1. The largest absolute Gasteiger partial charge is 0.326 e. The van der Waals surface area contributed by atoms with Gasteiger partial charge in [-0.05, 0) is 56.5 Å². The van der Waals surface area contributed by atoms with E-state index < -0.39 is 0 Å². The van der Waals surface area contributed by atoms with Crippen molar-refractivity contribution < 1.29 is 4.79 Å². The van der Waals surface area contributed by atoms with E-state index in [9.17, 15) is 4.79 Å². The standard InChI is InChI=1S/C16H23ClN2O/c1-12-5-8-19(9-6-12)10-7-16(20)18-14-4-3-13(2)15(17)11-14/h3-4,11-12H,5-10H2,1-2H3,(H,18,20). The summed E-state index contributed by atoms with van der Waals surface area (Å²) in [5.41, 5.74) is 1.80. The van der Waals surface area contributed by atoms with Gasteiger partial charge in [0.1, 0.15) is 0 Å². The summed E-state index contributed by atoms with van der Waals surface area (Å²) in [7, 11) is 0. The third-order valence-electron chi connectivity index (χ3n) is 3.99. The number of piperidine rings is 1. The first-order valence-corrected chi connectivity index (χ1v) is 7.71. The van der Waals surface area contributed by atoms with Gasteiger partial charge in [-0.25, -0.2) is 0 Å². The summed E-state index contributed by atoms with van der Waals surface area (Å²) < 4.78 is 0. The van der Waals surface area contributed by atoms with Gasteiger partial charge in [-0.2, -0.15) is 0 Å². The highest BCUT2D eigenvalue weighted by atomic mass is 35.5. The molecule has 1 amide bonds. The van der Waals surface area contributed by atoms with Gasteiger partial charge in [-0.3, -0.25) is 4.79 Å². The average molecular weight is 295 g/mol. The number of hydrogen-bond donors (Lipinski definition) is 1. The minimum absolute atomic E-state index is 0.0588. The van der Waals surface area contributed by atoms with Crippen LogP contribution in [0.5, 0.6) is 0 Å². The van der Waals surface area contributed by atoms with Crippen LogP contribution in [-0.4, -0.2) is 30.4 Å². The summed E-state index contributed by atoms with van der Waals surface area (Å²) in [6.45, 7) is 7.32. The molecule has 0 spiro atoms. The molecule has 1 aliphatic rings. The Labute approximate surface area is 126 Å². The third-order valence-corrected chi connectivity index (χ3v) is 4.39. The lowest BCUT2D eigenvalue weighted by Crippen LogP contribution is -2.35. The highest BCUT2D eigenvalue weighted by molar-refractivity contribution is 6.31. The van der Waals surface area contributed by atoms with Crippen molar-refractivity contribution in [1.29, 1.82) is 0 Å². The zero-order valence-electron chi connectivity index (χ0n) is 12.3. The van der Waals surface area contributed by atoms with Crippen LogP contribution in [0.2, 0.25) is 5.02 Å². The van der Waals surface area contributed by atoms with Gasteiger partial charge in [0.05, 0.1) is 0 Å². The third kappa shape index (κ3) is 4.50. The lowest BCUT2D eigenvalue weighted by Gasteiger charge is -2.29. The first-order chi connectivity index (χ1) is 9.54. The Morgan fingerprint density at radius 1 is 1.40 bits per heavy atom. The number of nitrogens with zero attached hydrogens (tertiary/aromatic N) is 1. The molecule has 0 saturated carbocycles. The van der Waals surface area contributed by atoms with E-state index in [1.165, 1.54) is 12.8 Å². The molecular weight excluding hydrogens is 272 g/mol. The first kappa shape index (κ1) is 15.3. The van der Waals surface area contributed by atoms with Crippen molar-refractivity contribution in [3.05, 3.63) is 28.8 Å². The number of carbonyl (C=O) groups excluding carboxylic acids is 1. The van der Waals surface area contributed by atoms with Crippen LogP contribution in [-0.2, 0) is 4.79 Å². The Kier molecular flexibility index (Phi) is 5.44. The molecule has 110 valence electrons. The normalized spacial score (nSPS) is 17.1. The Balaban J connectivity index is 1.76. The van der Waals surface area contributed by atoms with E-state index in [-0.39, 0.29) is 5.91 Å². The molecule has 1 aliphatic heterocycles. The summed E-state index contributed by atoms with van der Waals surface area (Å²) in [5.74, 6) is 0.887. The fraction of sp³-hybridized carbons (Fsp3) is 0.562. The number of hydrogen-bond acceptors (Lipinski definition) is 2. The number of amides is 1. The summed E-state index contributed by atoms with van der Waals surface area (Å²) in [6.07, 6.45) is 3.03. The van der Waals surface area contributed by atoms with Gasteiger partial charge < -0.3 is 10.2 Å². The molecular formula is C16H23ClN2O. The molecule has 1 aromatic rings. The summed E-state index contributed by atoms with van der Waals surface area (Å²) in [4.78, 5) is 14.3. The number of halogens is 1. The van der Waals surface area contributed by atoms with E-state index in [1.54, 1.807) is 6.07 Å². The molecule has 4 heteroatoms. The molecule has 1 aromatic carbocycles. The van der Waals surface area contributed by atoms with Crippen LogP contribution in [0.15, 0.2) is 18.2 Å². The lowest BCUT2D eigenvalue weighted by atomic mass is 9.99. The number of carbonyl (C=O) groups is 1. The molecule has 2 rings (SSSR count). The Morgan fingerprint density at radius 2 is 2.10 bits per heavy atom. The fourth-order valence-corrected chi connectivity index (χ4v) is 2.62. The van der Waals surface area contributed by atoms with Gasteiger partial charge in [-0.1, -0.05) is 24.6 Å². The van der Waals surface area contributed by atoms with Crippen molar-refractivity contribution >= 4 is 23.2 Å². The molecule has 0 aromatic heterocycles. The van der Waals surface area contributed by atoms with Crippen LogP contribution in [0.4, 0.5) is 5.69 Å². The van der Waals surface area contributed by atoms with Crippen LogP contribution in [0.25, 0.3) is 0 Å². The van der Waals surface area contributed by atoms with Crippen molar-refractivity contribution in [2.45, 2.75) is 33.1 Å². The Hall–Kier alpha value is -1.06. The van der Waals surface area contributed by atoms with Gasteiger partial charge in [0.15, 0.2) is 0 Å². The van der Waals surface area contributed by atoms with Crippen molar-refractivity contribution in [2.75, 3.05) is 25.0 Å².